The van der Waals surface area contributed by atoms with Crippen LogP contribution in [0.5, 0.6) is 0 Å². The summed E-state index contributed by atoms with van der Waals surface area (Å²) in [6.45, 7) is 3.76. The number of hydrogen-bond acceptors (Lipinski definition) is 2. The summed E-state index contributed by atoms with van der Waals surface area (Å²) in [4.78, 5) is 29.7. The molecule has 0 bridgehead atoms. The number of amides is 2. The molecule has 176 valence electrons. The van der Waals surface area contributed by atoms with E-state index in [2.05, 4.69) is 0 Å². The maximum atomic E-state index is 14.8. The van der Waals surface area contributed by atoms with Gasteiger partial charge in [-0.3, -0.25) is 9.59 Å². The molecule has 1 aliphatic heterocycles. The Hall–Kier alpha value is -3.48. The lowest BCUT2D eigenvalue weighted by Crippen LogP contribution is -2.52. The summed E-state index contributed by atoms with van der Waals surface area (Å²) < 4.78 is 30.1. The van der Waals surface area contributed by atoms with Gasteiger partial charge in [-0.1, -0.05) is 36.8 Å². The first-order chi connectivity index (χ1) is 16.4. The third kappa shape index (κ3) is 4.00. The molecule has 2 amide bonds. The molecule has 7 heteroatoms. The van der Waals surface area contributed by atoms with Crippen molar-refractivity contribution in [1.29, 1.82) is 0 Å². The van der Waals surface area contributed by atoms with Gasteiger partial charge in [0.1, 0.15) is 11.6 Å². The first kappa shape index (κ1) is 22.3. The van der Waals surface area contributed by atoms with Crippen LogP contribution in [0.4, 0.5) is 8.78 Å². The highest BCUT2D eigenvalue weighted by Crippen LogP contribution is 2.32. The number of halogens is 2. The zero-order valence-corrected chi connectivity index (χ0v) is 19.1. The SMILES string of the molecule is Cc1c(C(=O)N2CCN(C(=O)C3CCC3)CC2)cc(-c2ccccc2)n1-c1ccc(F)cc1F. The Morgan fingerprint density at radius 2 is 1.56 bits per heavy atom. The second kappa shape index (κ2) is 9.05. The van der Waals surface area contributed by atoms with Crippen LogP contribution in [-0.2, 0) is 4.79 Å². The van der Waals surface area contributed by atoms with Crippen LogP contribution in [-0.4, -0.2) is 52.4 Å². The van der Waals surface area contributed by atoms with Gasteiger partial charge in [0.2, 0.25) is 5.91 Å². The number of aromatic nitrogens is 1. The van der Waals surface area contributed by atoms with Crippen LogP contribution in [0.25, 0.3) is 16.9 Å². The van der Waals surface area contributed by atoms with E-state index in [0.717, 1.165) is 30.9 Å². The molecule has 2 aliphatic rings. The molecule has 3 aromatic rings. The fourth-order valence-electron chi connectivity index (χ4n) is 4.83. The zero-order valence-electron chi connectivity index (χ0n) is 19.1. The Morgan fingerprint density at radius 1 is 0.882 bits per heavy atom. The second-order valence-electron chi connectivity index (χ2n) is 9.07. The monoisotopic (exact) mass is 463 g/mol. The molecule has 0 N–H and O–H groups in total. The van der Waals surface area contributed by atoms with E-state index in [1.165, 1.54) is 12.1 Å². The third-order valence-corrected chi connectivity index (χ3v) is 7.03. The van der Waals surface area contributed by atoms with E-state index in [4.69, 9.17) is 0 Å². The Labute approximate surface area is 197 Å². The molecule has 2 heterocycles. The number of nitrogens with zero attached hydrogens (tertiary/aromatic N) is 3. The molecular weight excluding hydrogens is 436 g/mol. The van der Waals surface area contributed by atoms with E-state index in [9.17, 15) is 18.4 Å². The summed E-state index contributed by atoms with van der Waals surface area (Å²) in [6, 6.07) is 14.7. The maximum Gasteiger partial charge on any atom is 0.255 e. The largest absolute Gasteiger partial charge is 0.339 e. The van der Waals surface area contributed by atoms with Gasteiger partial charge in [0, 0.05) is 43.9 Å². The van der Waals surface area contributed by atoms with Crippen molar-refractivity contribution < 1.29 is 18.4 Å². The van der Waals surface area contributed by atoms with Crippen molar-refractivity contribution in [3.63, 3.8) is 0 Å². The highest BCUT2D eigenvalue weighted by atomic mass is 19.1. The summed E-state index contributed by atoms with van der Waals surface area (Å²) in [5, 5.41) is 0. The van der Waals surface area contributed by atoms with Crippen molar-refractivity contribution in [2.24, 2.45) is 5.92 Å². The molecule has 34 heavy (non-hydrogen) atoms. The van der Waals surface area contributed by atoms with Crippen LogP contribution in [0.1, 0.15) is 35.3 Å². The number of carbonyl (C=O) groups is 2. The van der Waals surface area contributed by atoms with Gasteiger partial charge in [-0.05, 0) is 43.5 Å². The summed E-state index contributed by atoms with van der Waals surface area (Å²) >= 11 is 0. The minimum atomic E-state index is -0.696. The van der Waals surface area contributed by atoms with Crippen LogP contribution in [0.3, 0.4) is 0 Å². The van der Waals surface area contributed by atoms with Gasteiger partial charge < -0.3 is 14.4 Å². The first-order valence-corrected chi connectivity index (χ1v) is 11.8. The van der Waals surface area contributed by atoms with Crippen molar-refractivity contribution in [3.05, 3.63) is 77.5 Å². The fraction of sp³-hybridized carbons (Fsp3) is 0.333. The van der Waals surface area contributed by atoms with Crippen LogP contribution in [0.15, 0.2) is 54.6 Å². The molecule has 1 aliphatic carbocycles. The van der Waals surface area contributed by atoms with Gasteiger partial charge in [0.25, 0.3) is 5.91 Å². The highest BCUT2D eigenvalue weighted by molar-refractivity contribution is 5.97. The fourth-order valence-corrected chi connectivity index (χ4v) is 4.83. The molecule has 1 aromatic heterocycles. The number of rotatable bonds is 4. The molecular formula is C27H27F2N3O2. The highest BCUT2D eigenvalue weighted by Gasteiger charge is 2.33. The van der Waals surface area contributed by atoms with Crippen molar-refractivity contribution in [2.45, 2.75) is 26.2 Å². The molecule has 0 spiro atoms. The number of hydrogen-bond donors (Lipinski definition) is 0. The Kier molecular flexibility index (Phi) is 5.94. The minimum absolute atomic E-state index is 0.147. The summed E-state index contributed by atoms with van der Waals surface area (Å²) in [7, 11) is 0. The van der Waals surface area contributed by atoms with Crippen molar-refractivity contribution in [1.82, 2.24) is 14.4 Å². The first-order valence-electron chi connectivity index (χ1n) is 11.8. The number of piperazine rings is 1. The van der Waals surface area contributed by atoms with E-state index in [-0.39, 0.29) is 23.4 Å². The lowest BCUT2D eigenvalue weighted by molar-refractivity contribution is -0.139. The molecule has 0 unspecified atom stereocenters. The second-order valence-corrected chi connectivity index (χ2v) is 9.07. The Morgan fingerprint density at radius 3 is 2.18 bits per heavy atom. The average Bonchev–Trinajstić information content (AvgIpc) is 3.15. The predicted octanol–water partition coefficient (Wildman–Crippen LogP) is 4.82. The van der Waals surface area contributed by atoms with Gasteiger partial charge in [0.05, 0.1) is 16.9 Å². The van der Waals surface area contributed by atoms with Gasteiger partial charge >= 0.3 is 0 Å². The van der Waals surface area contributed by atoms with Gasteiger partial charge in [-0.2, -0.15) is 0 Å². The topological polar surface area (TPSA) is 45.6 Å². The molecule has 1 saturated heterocycles. The van der Waals surface area contributed by atoms with E-state index in [1.54, 1.807) is 22.5 Å². The quantitative estimate of drug-likeness (QED) is 0.557. The van der Waals surface area contributed by atoms with Crippen molar-refractivity contribution in [2.75, 3.05) is 26.2 Å². The van der Waals surface area contributed by atoms with Gasteiger partial charge in [-0.15, -0.1) is 0 Å². The average molecular weight is 464 g/mol. The van der Waals surface area contributed by atoms with Crippen LogP contribution in [0, 0.1) is 24.5 Å². The smallest absolute Gasteiger partial charge is 0.255 e. The maximum absolute atomic E-state index is 14.8. The van der Waals surface area contributed by atoms with E-state index in [1.807, 2.05) is 35.2 Å². The van der Waals surface area contributed by atoms with Crippen molar-refractivity contribution in [3.8, 4) is 16.9 Å². The normalized spacial score (nSPS) is 16.4. The van der Waals surface area contributed by atoms with Crippen LogP contribution >= 0.6 is 0 Å². The van der Waals surface area contributed by atoms with E-state index >= 15 is 0 Å². The molecule has 2 fully saturated rings. The lowest BCUT2D eigenvalue weighted by atomic mass is 9.84. The van der Waals surface area contributed by atoms with Crippen LogP contribution < -0.4 is 0 Å². The van der Waals surface area contributed by atoms with E-state index in [0.29, 0.717) is 43.1 Å². The summed E-state index contributed by atoms with van der Waals surface area (Å²) in [5.74, 6) is -1.14. The van der Waals surface area contributed by atoms with E-state index < -0.39 is 11.6 Å². The summed E-state index contributed by atoms with van der Waals surface area (Å²) in [5.41, 5.74) is 2.73. The Balaban J connectivity index is 1.46. The molecule has 5 rings (SSSR count). The van der Waals surface area contributed by atoms with Gasteiger partial charge in [0.15, 0.2) is 0 Å². The Bertz CT molecular complexity index is 1230. The summed E-state index contributed by atoms with van der Waals surface area (Å²) in [6.07, 6.45) is 3.04. The van der Waals surface area contributed by atoms with Gasteiger partial charge in [-0.25, -0.2) is 8.78 Å². The lowest BCUT2D eigenvalue weighted by Gasteiger charge is -2.38. The zero-order chi connectivity index (χ0) is 23.8. The predicted molar refractivity (Wildman–Crippen MR) is 126 cm³/mol. The number of benzene rings is 2. The van der Waals surface area contributed by atoms with Crippen molar-refractivity contribution >= 4 is 11.8 Å². The minimum Gasteiger partial charge on any atom is -0.339 e. The molecule has 0 atom stereocenters. The number of carbonyl (C=O) groups excluding carboxylic acids is 2. The molecule has 2 aromatic carbocycles. The molecule has 1 saturated carbocycles. The standard InChI is InChI=1S/C27H27F2N3O2/c1-18-22(27(34)31-14-12-30(13-15-31)26(33)20-8-5-9-20)17-25(19-6-3-2-4-7-19)32(18)24-11-10-21(28)16-23(24)29/h2-4,6-7,10-11,16-17,20H,5,8-9,12-15H2,1H3. The molecule has 0 radical (unpaired) electrons. The van der Waals surface area contributed by atoms with Crippen LogP contribution in [0.2, 0.25) is 0 Å². The molecule has 5 nitrogen and oxygen atoms in total. The third-order valence-electron chi connectivity index (χ3n) is 7.03.